The molecule has 0 bridgehead atoms. The lowest BCUT2D eigenvalue weighted by atomic mass is 9.88. The smallest absolute Gasteiger partial charge is 0.254 e. The van der Waals surface area contributed by atoms with Gasteiger partial charge in [0.15, 0.2) is 11.5 Å². The van der Waals surface area contributed by atoms with Crippen LogP contribution in [0.15, 0.2) is 41.3 Å². The lowest BCUT2D eigenvalue weighted by molar-refractivity contribution is 0.0696. The van der Waals surface area contributed by atoms with E-state index in [1.807, 2.05) is 22.7 Å². The SMILES string of the molecule is COc1ccc(C(=O)N2CCC3C(C2)c2cccc4c2N3CCCS4)cc1OC. The van der Waals surface area contributed by atoms with E-state index in [1.165, 1.54) is 28.3 Å². The molecule has 2 atom stereocenters. The van der Waals surface area contributed by atoms with Gasteiger partial charge >= 0.3 is 0 Å². The molecule has 0 saturated carbocycles. The van der Waals surface area contributed by atoms with Crippen molar-refractivity contribution in [3.8, 4) is 11.5 Å². The van der Waals surface area contributed by atoms with Gasteiger partial charge in [0.25, 0.3) is 5.91 Å². The van der Waals surface area contributed by atoms with Crippen LogP contribution in [0.2, 0.25) is 0 Å². The van der Waals surface area contributed by atoms with Crippen LogP contribution in [0.1, 0.15) is 34.7 Å². The molecule has 0 spiro atoms. The molecule has 29 heavy (non-hydrogen) atoms. The quantitative estimate of drug-likeness (QED) is 0.765. The number of fused-ring (bicyclic) bond motifs is 3. The van der Waals surface area contributed by atoms with E-state index in [1.54, 1.807) is 26.4 Å². The average Bonchev–Trinajstić information content (AvgIpc) is 2.93. The second-order valence-corrected chi connectivity index (χ2v) is 9.01. The maximum atomic E-state index is 13.3. The zero-order valence-corrected chi connectivity index (χ0v) is 17.7. The Hall–Kier alpha value is -2.34. The molecular formula is C23H26N2O3S. The third-order valence-corrected chi connectivity index (χ3v) is 7.55. The first-order valence-electron chi connectivity index (χ1n) is 10.2. The normalized spacial score (nSPS) is 22.6. The highest BCUT2D eigenvalue weighted by Gasteiger charge is 2.44. The van der Waals surface area contributed by atoms with Gasteiger partial charge in [-0.05, 0) is 48.4 Å². The summed E-state index contributed by atoms with van der Waals surface area (Å²) in [5.74, 6) is 2.88. The molecule has 3 aliphatic rings. The second-order valence-electron chi connectivity index (χ2n) is 7.87. The molecule has 0 aromatic heterocycles. The third kappa shape index (κ3) is 3.05. The fraction of sp³-hybridized carbons (Fsp3) is 0.435. The van der Waals surface area contributed by atoms with Gasteiger partial charge in [-0.25, -0.2) is 0 Å². The van der Waals surface area contributed by atoms with Crippen LogP contribution < -0.4 is 14.4 Å². The summed E-state index contributed by atoms with van der Waals surface area (Å²) in [6, 6.07) is 12.6. The van der Waals surface area contributed by atoms with E-state index in [4.69, 9.17) is 9.47 Å². The number of carbonyl (C=O) groups excluding carboxylic acids is 1. The van der Waals surface area contributed by atoms with Gasteiger partial charge in [0.2, 0.25) is 0 Å². The van der Waals surface area contributed by atoms with Crippen LogP contribution in [0.5, 0.6) is 11.5 Å². The minimum Gasteiger partial charge on any atom is -0.493 e. The van der Waals surface area contributed by atoms with Gasteiger partial charge in [-0.15, -0.1) is 11.8 Å². The number of benzene rings is 2. The molecule has 5 rings (SSSR count). The molecule has 6 heteroatoms. The summed E-state index contributed by atoms with van der Waals surface area (Å²) < 4.78 is 10.7. The Morgan fingerprint density at radius 3 is 2.79 bits per heavy atom. The number of hydrogen-bond acceptors (Lipinski definition) is 5. The number of amides is 1. The Labute approximate surface area is 176 Å². The van der Waals surface area contributed by atoms with Crippen molar-refractivity contribution >= 4 is 23.4 Å². The Morgan fingerprint density at radius 1 is 1.10 bits per heavy atom. The number of nitrogens with zero attached hydrogens (tertiary/aromatic N) is 2. The molecule has 2 aromatic carbocycles. The van der Waals surface area contributed by atoms with Gasteiger partial charge in [0, 0.05) is 42.1 Å². The first kappa shape index (κ1) is 18.7. The van der Waals surface area contributed by atoms with Gasteiger partial charge in [0.05, 0.1) is 19.9 Å². The van der Waals surface area contributed by atoms with Gasteiger partial charge in [-0.3, -0.25) is 4.79 Å². The Morgan fingerprint density at radius 2 is 1.97 bits per heavy atom. The third-order valence-electron chi connectivity index (χ3n) is 6.41. The van der Waals surface area contributed by atoms with E-state index in [0.29, 0.717) is 29.0 Å². The van der Waals surface area contributed by atoms with Crippen LogP contribution in [0, 0.1) is 0 Å². The van der Waals surface area contributed by atoms with E-state index >= 15 is 0 Å². The molecule has 1 fully saturated rings. The number of hydrogen-bond donors (Lipinski definition) is 0. The van der Waals surface area contributed by atoms with Crippen LogP contribution >= 0.6 is 11.8 Å². The monoisotopic (exact) mass is 410 g/mol. The van der Waals surface area contributed by atoms with Gasteiger partial charge in [-0.1, -0.05) is 12.1 Å². The molecular weight excluding hydrogens is 384 g/mol. The van der Waals surface area contributed by atoms with Crippen LogP contribution in [0.3, 0.4) is 0 Å². The highest BCUT2D eigenvalue weighted by atomic mass is 32.2. The van der Waals surface area contributed by atoms with Crippen molar-refractivity contribution < 1.29 is 14.3 Å². The fourth-order valence-corrected chi connectivity index (χ4v) is 6.12. The van der Waals surface area contributed by atoms with Crippen LogP contribution in [-0.2, 0) is 0 Å². The number of carbonyl (C=O) groups is 1. The Bertz CT molecular complexity index is 948. The minimum atomic E-state index is 0.0713. The van der Waals surface area contributed by atoms with E-state index in [0.717, 1.165) is 26.1 Å². The number of anilines is 1. The van der Waals surface area contributed by atoms with Crippen molar-refractivity contribution in [1.29, 1.82) is 0 Å². The van der Waals surface area contributed by atoms with Crippen LogP contribution in [0.4, 0.5) is 5.69 Å². The van der Waals surface area contributed by atoms with Gasteiger partial charge in [0.1, 0.15) is 0 Å². The van der Waals surface area contributed by atoms with Crippen molar-refractivity contribution in [3.63, 3.8) is 0 Å². The zero-order valence-electron chi connectivity index (χ0n) is 16.9. The maximum Gasteiger partial charge on any atom is 0.254 e. The number of piperidine rings is 1. The molecule has 3 heterocycles. The predicted octanol–water partition coefficient (Wildman–Crippen LogP) is 4.02. The van der Waals surface area contributed by atoms with Gasteiger partial charge in [-0.2, -0.15) is 0 Å². The zero-order chi connectivity index (χ0) is 20.0. The minimum absolute atomic E-state index is 0.0713. The predicted molar refractivity (Wildman–Crippen MR) is 116 cm³/mol. The largest absolute Gasteiger partial charge is 0.493 e. The van der Waals surface area contributed by atoms with E-state index in [-0.39, 0.29) is 5.91 Å². The summed E-state index contributed by atoms with van der Waals surface area (Å²) in [6.07, 6.45) is 2.23. The molecule has 1 amide bonds. The number of rotatable bonds is 3. The average molecular weight is 411 g/mol. The Kier molecular flexibility index (Phi) is 4.82. The number of para-hydroxylation sites is 1. The van der Waals surface area contributed by atoms with Crippen molar-refractivity contribution in [2.24, 2.45) is 0 Å². The summed E-state index contributed by atoms with van der Waals surface area (Å²) in [4.78, 5) is 19.3. The number of thioether (sulfide) groups is 1. The van der Waals surface area contributed by atoms with Crippen LogP contribution in [-0.4, -0.2) is 56.5 Å². The summed E-state index contributed by atoms with van der Waals surface area (Å²) in [6.45, 7) is 2.69. The summed E-state index contributed by atoms with van der Waals surface area (Å²) in [5.41, 5.74) is 3.51. The Balaban J connectivity index is 1.42. The topological polar surface area (TPSA) is 42.0 Å². The highest BCUT2D eigenvalue weighted by molar-refractivity contribution is 7.99. The molecule has 2 unspecified atom stereocenters. The molecule has 1 saturated heterocycles. The first-order chi connectivity index (χ1) is 14.2. The lowest BCUT2D eigenvalue weighted by Crippen LogP contribution is -2.48. The number of likely N-dealkylation sites (tertiary alicyclic amines) is 1. The van der Waals surface area contributed by atoms with Crippen molar-refractivity contribution in [2.75, 3.05) is 44.5 Å². The molecule has 152 valence electrons. The fourth-order valence-electron chi connectivity index (χ4n) is 5.08. The van der Waals surface area contributed by atoms with Crippen molar-refractivity contribution in [3.05, 3.63) is 47.5 Å². The van der Waals surface area contributed by atoms with E-state index < -0.39 is 0 Å². The molecule has 0 N–H and O–H groups in total. The standard InChI is InChI=1S/C23H26N2O3S/c1-27-19-8-7-15(13-20(19)28-2)23(26)24-11-9-18-17(14-24)16-5-3-6-21-22(16)25(18)10-4-12-29-21/h3,5-8,13,17-18H,4,9-12,14H2,1-2H3. The van der Waals surface area contributed by atoms with Crippen LogP contribution in [0.25, 0.3) is 0 Å². The molecule has 2 aromatic rings. The molecule has 5 nitrogen and oxygen atoms in total. The highest BCUT2D eigenvalue weighted by Crippen LogP contribution is 2.50. The van der Waals surface area contributed by atoms with Crippen molar-refractivity contribution in [1.82, 2.24) is 4.90 Å². The van der Waals surface area contributed by atoms with Gasteiger partial charge < -0.3 is 19.3 Å². The maximum absolute atomic E-state index is 13.3. The first-order valence-corrected chi connectivity index (χ1v) is 11.2. The molecule has 0 radical (unpaired) electrons. The summed E-state index contributed by atoms with van der Waals surface area (Å²) in [7, 11) is 3.20. The molecule has 0 aliphatic carbocycles. The van der Waals surface area contributed by atoms with E-state index in [9.17, 15) is 4.79 Å². The lowest BCUT2D eigenvalue weighted by Gasteiger charge is -2.39. The number of ether oxygens (including phenoxy) is 2. The van der Waals surface area contributed by atoms with E-state index in [2.05, 4.69) is 23.1 Å². The molecule has 3 aliphatic heterocycles. The second kappa shape index (κ2) is 7.48. The van der Waals surface area contributed by atoms with Crippen molar-refractivity contribution in [2.45, 2.75) is 29.7 Å². The summed E-state index contributed by atoms with van der Waals surface area (Å²) >= 11 is 1.98. The number of methoxy groups -OCH3 is 2. The summed E-state index contributed by atoms with van der Waals surface area (Å²) in [5, 5.41) is 0.